The average molecular weight is 312 g/mol. The standard InChI is InChI=1S/C15H24N2O3S/c1-11-5-6-12(20-4)13(9-11)21(18,19)17-8-7-14(16)15(2,3)10-17/h5-6,9,14H,7-8,10,16H2,1-4H3. The van der Waals surface area contributed by atoms with Gasteiger partial charge in [-0.3, -0.25) is 0 Å². The van der Waals surface area contributed by atoms with Crippen LogP contribution in [-0.4, -0.2) is 39.0 Å². The molecule has 1 aliphatic rings. The zero-order valence-electron chi connectivity index (χ0n) is 13.1. The number of hydrogen-bond donors (Lipinski definition) is 1. The Morgan fingerprint density at radius 3 is 2.62 bits per heavy atom. The third-order valence-electron chi connectivity index (χ3n) is 4.21. The highest BCUT2D eigenvalue weighted by Gasteiger charge is 2.39. The molecule has 0 saturated carbocycles. The number of piperidine rings is 1. The topological polar surface area (TPSA) is 72.6 Å². The first-order valence-corrected chi connectivity index (χ1v) is 8.53. The quantitative estimate of drug-likeness (QED) is 0.923. The molecule has 0 aliphatic carbocycles. The van der Waals surface area contributed by atoms with Crippen LogP contribution in [0.4, 0.5) is 0 Å². The predicted octanol–water partition coefficient (Wildman–Crippen LogP) is 1.75. The van der Waals surface area contributed by atoms with E-state index < -0.39 is 10.0 Å². The van der Waals surface area contributed by atoms with Crippen LogP contribution in [0.15, 0.2) is 23.1 Å². The fourth-order valence-electron chi connectivity index (χ4n) is 2.65. The Morgan fingerprint density at radius 2 is 2.05 bits per heavy atom. The number of rotatable bonds is 3. The van der Waals surface area contributed by atoms with E-state index in [9.17, 15) is 8.42 Å². The lowest BCUT2D eigenvalue weighted by Gasteiger charge is -2.41. The average Bonchev–Trinajstić information content (AvgIpc) is 2.41. The molecule has 1 aromatic carbocycles. The summed E-state index contributed by atoms with van der Waals surface area (Å²) in [5, 5.41) is 0. The highest BCUT2D eigenvalue weighted by molar-refractivity contribution is 7.89. The molecule has 0 spiro atoms. The minimum absolute atomic E-state index is 0.0170. The van der Waals surface area contributed by atoms with E-state index in [1.165, 1.54) is 11.4 Å². The molecule has 1 aromatic rings. The molecule has 1 atom stereocenters. The molecule has 1 heterocycles. The van der Waals surface area contributed by atoms with E-state index in [0.29, 0.717) is 25.3 Å². The Bertz CT molecular complexity index is 626. The van der Waals surface area contributed by atoms with Crippen LogP contribution in [0.3, 0.4) is 0 Å². The monoisotopic (exact) mass is 312 g/mol. The predicted molar refractivity (Wildman–Crippen MR) is 82.9 cm³/mol. The Morgan fingerprint density at radius 1 is 1.38 bits per heavy atom. The maximum absolute atomic E-state index is 12.9. The van der Waals surface area contributed by atoms with Crippen molar-refractivity contribution in [1.82, 2.24) is 4.31 Å². The number of nitrogens with two attached hydrogens (primary N) is 1. The SMILES string of the molecule is COc1ccc(C)cc1S(=O)(=O)N1CCC(N)C(C)(C)C1. The number of hydrogen-bond acceptors (Lipinski definition) is 4. The van der Waals surface area contributed by atoms with E-state index in [1.54, 1.807) is 12.1 Å². The van der Waals surface area contributed by atoms with E-state index >= 15 is 0 Å². The molecule has 2 rings (SSSR count). The molecular formula is C15H24N2O3S. The summed E-state index contributed by atoms with van der Waals surface area (Å²) in [5.74, 6) is 0.383. The van der Waals surface area contributed by atoms with Gasteiger partial charge in [-0.15, -0.1) is 0 Å². The molecule has 5 nitrogen and oxygen atoms in total. The molecule has 1 unspecified atom stereocenters. The number of sulfonamides is 1. The van der Waals surface area contributed by atoms with E-state index in [2.05, 4.69) is 0 Å². The van der Waals surface area contributed by atoms with Crippen molar-refractivity contribution >= 4 is 10.0 Å². The van der Waals surface area contributed by atoms with Crippen LogP contribution in [0, 0.1) is 12.3 Å². The molecule has 1 saturated heterocycles. The first-order chi connectivity index (χ1) is 9.68. The van der Waals surface area contributed by atoms with Crippen LogP contribution in [0.1, 0.15) is 25.8 Å². The van der Waals surface area contributed by atoms with Crippen LogP contribution < -0.4 is 10.5 Å². The van der Waals surface area contributed by atoms with Crippen molar-refractivity contribution < 1.29 is 13.2 Å². The second-order valence-corrected chi connectivity index (χ2v) is 8.28. The van der Waals surface area contributed by atoms with Gasteiger partial charge in [0.15, 0.2) is 0 Å². The summed E-state index contributed by atoms with van der Waals surface area (Å²) in [6.07, 6.45) is 0.667. The molecule has 0 radical (unpaired) electrons. The number of nitrogens with zero attached hydrogens (tertiary/aromatic N) is 1. The van der Waals surface area contributed by atoms with Gasteiger partial charge in [0.25, 0.3) is 0 Å². The van der Waals surface area contributed by atoms with E-state index in [0.717, 1.165) is 5.56 Å². The molecule has 0 bridgehead atoms. The second kappa shape index (κ2) is 5.59. The molecule has 6 heteroatoms. The summed E-state index contributed by atoms with van der Waals surface area (Å²) in [6, 6.07) is 5.22. The van der Waals surface area contributed by atoms with Crippen molar-refractivity contribution in [2.24, 2.45) is 11.1 Å². The van der Waals surface area contributed by atoms with Gasteiger partial charge < -0.3 is 10.5 Å². The van der Waals surface area contributed by atoms with Crippen molar-refractivity contribution in [3.8, 4) is 5.75 Å². The van der Waals surface area contributed by atoms with Gasteiger partial charge in [0.2, 0.25) is 10.0 Å². The molecule has 118 valence electrons. The zero-order valence-corrected chi connectivity index (χ0v) is 13.9. The van der Waals surface area contributed by atoms with Crippen LogP contribution in [0.25, 0.3) is 0 Å². The van der Waals surface area contributed by atoms with Crippen molar-refractivity contribution in [3.63, 3.8) is 0 Å². The van der Waals surface area contributed by atoms with Crippen molar-refractivity contribution in [2.75, 3.05) is 20.2 Å². The van der Waals surface area contributed by atoms with Crippen molar-refractivity contribution in [2.45, 2.75) is 38.1 Å². The van der Waals surface area contributed by atoms with Gasteiger partial charge in [-0.2, -0.15) is 4.31 Å². The third kappa shape index (κ3) is 3.07. The lowest BCUT2D eigenvalue weighted by Crippen LogP contribution is -2.53. The van der Waals surface area contributed by atoms with Crippen molar-refractivity contribution in [3.05, 3.63) is 23.8 Å². The molecule has 1 aliphatic heterocycles. The second-order valence-electron chi connectivity index (χ2n) is 6.38. The highest BCUT2D eigenvalue weighted by atomic mass is 32.2. The van der Waals surface area contributed by atoms with Gasteiger partial charge in [-0.25, -0.2) is 8.42 Å². The highest BCUT2D eigenvalue weighted by Crippen LogP contribution is 2.34. The van der Waals surface area contributed by atoms with Gasteiger partial charge in [0.05, 0.1) is 7.11 Å². The molecular weight excluding hydrogens is 288 g/mol. The Balaban J connectivity index is 2.41. The fraction of sp³-hybridized carbons (Fsp3) is 0.600. The van der Waals surface area contributed by atoms with Gasteiger partial charge >= 0.3 is 0 Å². The minimum atomic E-state index is -3.57. The maximum Gasteiger partial charge on any atom is 0.246 e. The largest absolute Gasteiger partial charge is 0.495 e. The lowest BCUT2D eigenvalue weighted by atomic mass is 9.81. The van der Waals surface area contributed by atoms with Crippen LogP contribution in [-0.2, 0) is 10.0 Å². The first-order valence-electron chi connectivity index (χ1n) is 7.09. The molecule has 0 amide bonds. The smallest absolute Gasteiger partial charge is 0.246 e. The van der Waals surface area contributed by atoms with E-state index in [1.807, 2.05) is 26.8 Å². The van der Waals surface area contributed by atoms with Gasteiger partial charge in [0, 0.05) is 19.1 Å². The van der Waals surface area contributed by atoms with E-state index in [-0.39, 0.29) is 16.4 Å². The third-order valence-corrected chi connectivity index (χ3v) is 6.08. The molecule has 2 N–H and O–H groups in total. The molecule has 21 heavy (non-hydrogen) atoms. The summed E-state index contributed by atoms with van der Waals surface area (Å²) in [6.45, 7) is 6.76. The van der Waals surface area contributed by atoms with Gasteiger partial charge in [0.1, 0.15) is 10.6 Å². The zero-order chi connectivity index (χ0) is 15.8. The Kier molecular flexibility index (Phi) is 4.33. The summed E-state index contributed by atoms with van der Waals surface area (Å²) < 4.78 is 32.6. The normalized spacial score (nSPS) is 23.0. The lowest BCUT2D eigenvalue weighted by molar-refractivity contribution is 0.155. The van der Waals surface area contributed by atoms with Crippen LogP contribution >= 0.6 is 0 Å². The number of benzene rings is 1. The van der Waals surface area contributed by atoms with Gasteiger partial charge in [-0.1, -0.05) is 19.9 Å². The summed E-state index contributed by atoms with van der Waals surface area (Å²) >= 11 is 0. The van der Waals surface area contributed by atoms with Crippen molar-refractivity contribution in [1.29, 1.82) is 0 Å². The minimum Gasteiger partial charge on any atom is -0.495 e. The van der Waals surface area contributed by atoms with Crippen LogP contribution in [0.2, 0.25) is 0 Å². The first kappa shape index (κ1) is 16.3. The summed E-state index contributed by atoms with van der Waals surface area (Å²) in [5.41, 5.74) is 6.75. The Hall–Kier alpha value is -1.11. The molecule has 1 fully saturated rings. The summed E-state index contributed by atoms with van der Waals surface area (Å²) in [4.78, 5) is 0.233. The van der Waals surface area contributed by atoms with E-state index in [4.69, 9.17) is 10.5 Å². The van der Waals surface area contributed by atoms with Gasteiger partial charge in [-0.05, 0) is 36.5 Å². The van der Waals surface area contributed by atoms with Crippen LogP contribution in [0.5, 0.6) is 5.75 Å². The Labute approximate surface area is 127 Å². The molecule has 0 aromatic heterocycles. The number of ether oxygens (including phenoxy) is 1. The number of aryl methyl sites for hydroxylation is 1. The fourth-order valence-corrected chi connectivity index (χ4v) is 4.52. The number of methoxy groups -OCH3 is 1. The summed E-state index contributed by atoms with van der Waals surface area (Å²) in [7, 11) is -2.08. The maximum atomic E-state index is 12.9.